The maximum absolute atomic E-state index is 12.1. The van der Waals surface area contributed by atoms with Gasteiger partial charge < -0.3 is 14.8 Å². The number of Topliss-reactive ketones (excluding diaryl/α,β-unsaturated/α-hetero) is 1. The molecule has 0 fully saturated rings. The molecule has 1 amide bonds. The molecule has 1 aromatic carbocycles. The van der Waals surface area contributed by atoms with Gasteiger partial charge >= 0.3 is 0 Å². The quantitative estimate of drug-likeness (QED) is 0.483. The summed E-state index contributed by atoms with van der Waals surface area (Å²) in [6.07, 6.45) is 3.37. The summed E-state index contributed by atoms with van der Waals surface area (Å²) in [5.74, 6) is -0.0744. The second kappa shape index (κ2) is 12.9. The minimum Gasteiger partial charge on any atom is -0.371 e. The number of ketones is 1. The highest BCUT2D eigenvalue weighted by Crippen LogP contribution is 2.21. The van der Waals surface area contributed by atoms with Crippen molar-refractivity contribution in [3.63, 3.8) is 0 Å². The Labute approximate surface area is 182 Å². The summed E-state index contributed by atoms with van der Waals surface area (Å²) in [6.45, 7) is 14.5. The van der Waals surface area contributed by atoms with E-state index in [9.17, 15) is 9.59 Å². The van der Waals surface area contributed by atoms with Crippen molar-refractivity contribution in [3.8, 4) is 0 Å². The molecule has 1 aromatic rings. The molecule has 1 rings (SSSR count). The van der Waals surface area contributed by atoms with Gasteiger partial charge in [0.05, 0.1) is 13.2 Å². The van der Waals surface area contributed by atoms with Crippen LogP contribution in [0.1, 0.15) is 65.5 Å². The first-order valence-corrected chi connectivity index (χ1v) is 11.0. The van der Waals surface area contributed by atoms with E-state index in [0.29, 0.717) is 26.2 Å². The first-order chi connectivity index (χ1) is 13.9. The molecule has 0 radical (unpaired) electrons. The fourth-order valence-electron chi connectivity index (χ4n) is 3.11. The Morgan fingerprint density at radius 3 is 2.17 bits per heavy atom. The summed E-state index contributed by atoms with van der Waals surface area (Å²) in [5.41, 5.74) is 2.77. The smallest absolute Gasteiger partial charge is 0.245 e. The van der Waals surface area contributed by atoms with E-state index in [1.54, 1.807) is 0 Å². The van der Waals surface area contributed by atoms with E-state index in [0.717, 1.165) is 24.8 Å². The standard InChI is InChI=1S/C25H41NO4/c1-24(2,3)11-8-12-26-23(28)19-30-14-13-29-18-22(27)16-20-9-7-10-21(15-20)17-25(4,5)6/h7,9-10,15H,8,11-14,16-19H2,1-6H3,(H,26,28). The number of carbonyl (C=O) groups is 2. The number of nitrogens with one attached hydrogen (secondary N) is 1. The van der Waals surface area contributed by atoms with E-state index in [2.05, 4.69) is 59.0 Å². The van der Waals surface area contributed by atoms with Crippen LogP contribution >= 0.6 is 0 Å². The lowest BCUT2D eigenvalue weighted by atomic mass is 9.87. The molecule has 0 spiro atoms. The van der Waals surface area contributed by atoms with Gasteiger partial charge in [0.15, 0.2) is 5.78 Å². The lowest BCUT2D eigenvalue weighted by Gasteiger charge is -2.18. The number of carbonyl (C=O) groups excluding carboxylic acids is 2. The van der Waals surface area contributed by atoms with E-state index in [1.807, 2.05) is 12.1 Å². The topological polar surface area (TPSA) is 64.6 Å². The maximum Gasteiger partial charge on any atom is 0.245 e. The van der Waals surface area contributed by atoms with Crippen molar-refractivity contribution in [2.45, 2.75) is 67.2 Å². The van der Waals surface area contributed by atoms with Crippen molar-refractivity contribution < 1.29 is 19.1 Å². The largest absolute Gasteiger partial charge is 0.371 e. The molecule has 30 heavy (non-hydrogen) atoms. The van der Waals surface area contributed by atoms with Gasteiger partial charge in [-0.25, -0.2) is 0 Å². The summed E-state index contributed by atoms with van der Waals surface area (Å²) in [4.78, 5) is 23.8. The van der Waals surface area contributed by atoms with Gasteiger partial charge in [-0.15, -0.1) is 0 Å². The molecule has 0 heterocycles. The maximum atomic E-state index is 12.1. The van der Waals surface area contributed by atoms with Crippen LogP contribution in [0.4, 0.5) is 0 Å². The molecule has 5 heteroatoms. The van der Waals surface area contributed by atoms with E-state index >= 15 is 0 Å². The van der Waals surface area contributed by atoms with Gasteiger partial charge in [0.2, 0.25) is 5.91 Å². The van der Waals surface area contributed by atoms with Gasteiger partial charge in [0, 0.05) is 13.0 Å². The molecule has 0 saturated carbocycles. The first-order valence-electron chi connectivity index (χ1n) is 11.0. The van der Waals surface area contributed by atoms with Crippen LogP contribution in [0.5, 0.6) is 0 Å². The normalized spacial score (nSPS) is 12.1. The average molecular weight is 420 g/mol. The Balaban J connectivity index is 2.12. The van der Waals surface area contributed by atoms with Gasteiger partial charge in [-0.2, -0.15) is 0 Å². The fraction of sp³-hybridized carbons (Fsp3) is 0.680. The van der Waals surface area contributed by atoms with Gasteiger partial charge in [-0.05, 0) is 41.2 Å². The molecule has 0 bridgehead atoms. The van der Waals surface area contributed by atoms with Gasteiger partial charge in [0.1, 0.15) is 13.2 Å². The summed E-state index contributed by atoms with van der Waals surface area (Å²) in [5, 5.41) is 2.85. The van der Waals surface area contributed by atoms with Crippen LogP contribution in [-0.4, -0.2) is 44.7 Å². The van der Waals surface area contributed by atoms with Crippen molar-refractivity contribution in [3.05, 3.63) is 35.4 Å². The molecule has 5 nitrogen and oxygen atoms in total. The molecular weight excluding hydrogens is 378 g/mol. The highest BCUT2D eigenvalue weighted by atomic mass is 16.5. The molecule has 0 aromatic heterocycles. The van der Waals surface area contributed by atoms with Crippen LogP contribution in [-0.2, 0) is 31.9 Å². The number of ether oxygens (including phenoxy) is 2. The Kier molecular flexibility index (Phi) is 11.3. The minimum absolute atomic E-state index is 0.0212. The zero-order valence-corrected chi connectivity index (χ0v) is 19.8. The van der Waals surface area contributed by atoms with E-state index < -0.39 is 0 Å². The van der Waals surface area contributed by atoms with E-state index in [4.69, 9.17) is 9.47 Å². The molecular formula is C25H41NO4. The number of amides is 1. The lowest BCUT2D eigenvalue weighted by Crippen LogP contribution is -2.29. The second-order valence-electron chi connectivity index (χ2n) is 10.4. The Bertz CT molecular complexity index is 656. The SMILES string of the molecule is CC(C)(C)CCCNC(=O)COCCOCC(=O)Cc1cccc(CC(C)(C)C)c1. The van der Waals surface area contributed by atoms with Crippen LogP contribution in [0.25, 0.3) is 0 Å². The van der Waals surface area contributed by atoms with Gasteiger partial charge in [-0.1, -0.05) is 65.8 Å². The molecule has 0 aliphatic rings. The highest BCUT2D eigenvalue weighted by Gasteiger charge is 2.12. The third-order valence-corrected chi connectivity index (χ3v) is 4.42. The Morgan fingerprint density at radius 1 is 0.900 bits per heavy atom. The monoisotopic (exact) mass is 419 g/mol. The molecule has 0 aliphatic carbocycles. The number of hydrogen-bond acceptors (Lipinski definition) is 4. The minimum atomic E-state index is -0.116. The molecule has 170 valence electrons. The third-order valence-electron chi connectivity index (χ3n) is 4.42. The van der Waals surface area contributed by atoms with E-state index in [1.165, 1.54) is 5.56 Å². The molecule has 0 unspecified atom stereocenters. The fourth-order valence-corrected chi connectivity index (χ4v) is 3.11. The molecule has 1 N–H and O–H groups in total. The molecule has 0 atom stereocenters. The number of rotatable bonds is 13. The summed E-state index contributed by atoms with van der Waals surface area (Å²) < 4.78 is 10.7. The first kappa shape index (κ1) is 26.3. The van der Waals surface area contributed by atoms with Crippen molar-refractivity contribution in [1.82, 2.24) is 5.32 Å². The van der Waals surface area contributed by atoms with Crippen LogP contribution in [0, 0.1) is 10.8 Å². The predicted molar refractivity (Wildman–Crippen MR) is 122 cm³/mol. The average Bonchev–Trinajstić information content (AvgIpc) is 2.59. The number of benzene rings is 1. The van der Waals surface area contributed by atoms with E-state index in [-0.39, 0.29) is 35.7 Å². The zero-order valence-electron chi connectivity index (χ0n) is 19.8. The molecule has 0 saturated heterocycles. The lowest BCUT2D eigenvalue weighted by molar-refractivity contribution is -0.128. The predicted octanol–water partition coefficient (Wildman–Crippen LogP) is 4.36. The Hall–Kier alpha value is -1.72. The van der Waals surface area contributed by atoms with Crippen molar-refractivity contribution in [2.75, 3.05) is 33.0 Å². The van der Waals surface area contributed by atoms with Gasteiger partial charge in [-0.3, -0.25) is 9.59 Å². The summed E-state index contributed by atoms with van der Waals surface area (Å²) in [7, 11) is 0. The van der Waals surface area contributed by atoms with Gasteiger partial charge in [0.25, 0.3) is 0 Å². The van der Waals surface area contributed by atoms with Crippen molar-refractivity contribution in [1.29, 1.82) is 0 Å². The molecule has 0 aliphatic heterocycles. The van der Waals surface area contributed by atoms with Crippen molar-refractivity contribution >= 4 is 11.7 Å². The summed E-state index contributed by atoms with van der Waals surface area (Å²) >= 11 is 0. The number of hydrogen-bond donors (Lipinski definition) is 1. The zero-order chi connectivity index (χ0) is 22.6. The van der Waals surface area contributed by atoms with Crippen LogP contribution in [0.2, 0.25) is 0 Å². The highest BCUT2D eigenvalue weighted by molar-refractivity contribution is 5.82. The van der Waals surface area contributed by atoms with Crippen LogP contribution in [0.15, 0.2) is 24.3 Å². The third kappa shape index (κ3) is 14.3. The summed E-state index contributed by atoms with van der Waals surface area (Å²) in [6, 6.07) is 8.19. The van der Waals surface area contributed by atoms with Crippen molar-refractivity contribution in [2.24, 2.45) is 10.8 Å². The Morgan fingerprint density at radius 2 is 1.53 bits per heavy atom. The van der Waals surface area contributed by atoms with Crippen LogP contribution in [0.3, 0.4) is 0 Å². The second-order valence-corrected chi connectivity index (χ2v) is 10.4. The van der Waals surface area contributed by atoms with Crippen LogP contribution < -0.4 is 5.32 Å².